The largest absolute Gasteiger partial charge is 0.496 e. The van der Waals surface area contributed by atoms with Crippen molar-refractivity contribution in [1.29, 1.82) is 0 Å². The van der Waals surface area contributed by atoms with Gasteiger partial charge in [-0.2, -0.15) is 0 Å². The maximum Gasteiger partial charge on any atom is 0.329 e. The molecule has 0 fully saturated rings. The third-order valence-electron chi connectivity index (χ3n) is 5.50. The Kier molecular flexibility index (Phi) is 4.74. The van der Waals surface area contributed by atoms with E-state index >= 15 is 0 Å². The average molecular weight is 495 g/mol. The first-order chi connectivity index (χ1) is 15.4. The Balaban J connectivity index is 1.89. The molecule has 0 saturated heterocycles. The minimum atomic E-state index is -0.516. The van der Waals surface area contributed by atoms with E-state index in [1.807, 2.05) is 49.4 Å². The zero-order valence-corrected chi connectivity index (χ0v) is 19.2. The highest BCUT2D eigenvalue weighted by Gasteiger charge is 2.24. The Bertz CT molecular complexity index is 1610. The van der Waals surface area contributed by atoms with Gasteiger partial charge in [-0.3, -0.25) is 18.9 Å². The number of ether oxygens (including phenoxy) is 1. The lowest BCUT2D eigenvalue weighted by Crippen LogP contribution is -2.29. The van der Waals surface area contributed by atoms with Crippen LogP contribution in [0.15, 0.2) is 56.5 Å². The van der Waals surface area contributed by atoms with E-state index < -0.39 is 11.2 Å². The molecule has 162 valence electrons. The number of nitrogens with one attached hydrogen (secondary N) is 1. The molecule has 2 aromatic carbocycles. The quantitative estimate of drug-likeness (QED) is 0.414. The zero-order chi connectivity index (χ0) is 22.6. The van der Waals surface area contributed by atoms with Crippen LogP contribution in [0.5, 0.6) is 5.75 Å². The van der Waals surface area contributed by atoms with E-state index in [1.54, 1.807) is 23.1 Å². The smallest absolute Gasteiger partial charge is 0.329 e. The first kappa shape index (κ1) is 20.3. The number of aryl methyl sites for hydroxylation is 2. The van der Waals surface area contributed by atoms with Crippen LogP contribution in [0, 0.1) is 6.92 Å². The topological polar surface area (TPSA) is 99.2 Å². The van der Waals surface area contributed by atoms with Crippen LogP contribution < -0.4 is 16.0 Å². The van der Waals surface area contributed by atoms with Gasteiger partial charge in [-0.15, -0.1) is 10.2 Å². The van der Waals surface area contributed by atoms with Gasteiger partial charge in [-0.1, -0.05) is 45.8 Å². The van der Waals surface area contributed by atoms with Crippen molar-refractivity contribution in [3.05, 3.63) is 78.9 Å². The summed E-state index contributed by atoms with van der Waals surface area (Å²) in [6.45, 7) is 2.41. The van der Waals surface area contributed by atoms with Gasteiger partial charge < -0.3 is 4.74 Å². The van der Waals surface area contributed by atoms with Crippen molar-refractivity contribution in [2.75, 3.05) is 7.11 Å². The van der Waals surface area contributed by atoms with Gasteiger partial charge in [0.1, 0.15) is 5.75 Å². The number of benzene rings is 2. The molecule has 0 amide bonds. The Morgan fingerprint density at radius 1 is 1.09 bits per heavy atom. The first-order valence-electron chi connectivity index (χ1n) is 9.85. The van der Waals surface area contributed by atoms with Crippen molar-refractivity contribution in [1.82, 2.24) is 28.7 Å². The van der Waals surface area contributed by atoms with Gasteiger partial charge >= 0.3 is 5.69 Å². The molecule has 0 aliphatic rings. The number of nitrogens with zero attached hydrogens (tertiary/aromatic N) is 5. The number of rotatable bonds is 4. The van der Waals surface area contributed by atoms with Crippen molar-refractivity contribution in [2.24, 2.45) is 7.05 Å². The molecule has 3 heterocycles. The van der Waals surface area contributed by atoms with Gasteiger partial charge in [0, 0.05) is 11.5 Å². The second-order valence-electron chi connectivity index (χ2n) is 7.57. The zero-order valence-electron chi connectivity index (χ0n) is 17.6. The van der Waals surface area contributed by atoms with Crippen LogP contribution in [0.1, 0.15) is 11.1 Å². The number of imidazole rings is 1. The van der Waals surface area contributed by atoms with Gasteiger partial charge in [0.05, 0.1) is 19.2 Å². The van der Waals surface area contributed by atoms with E-state index in [4.69, 9.17) is 4.74 Å². The molecule has 5 rings (SSSR count). The van der Waals surface area contributed by atoms with E-state index in [1.165, 1.54) is 4.57 Å². The summed E-state index contributed by atoms with van der Waals surface area (Å²) in [6, 6.07) is 13.6. The predicted molar refractivity (Wildman–Crippen MR) is 124 cm³/mol. The molecule has 10 heteroatoms. The van der Waals surface area contributed by atoms with Gasteiger partial charge in [-0.05, 0) is 30.7 Å². The van der Waals surface area contributed by atoms with Gasteiger partial charge in [0.15, 0.2) is 17.0 Å². The molecule has 0 aliphatic carbocycles. The molecule has 0 bridgehead atoms. The SMILES string of the molecule is COc1ccc(Br)cc1-c1nnc2n(Cc3ccc(C)cc3)c3c(=O)[nH]c(=O)n(C)c3n12. The van der Waals surface area contributed by atoms with E-state index in [9.17, 15) is 9.59 Å². The molecule has 0 radical (unpaired) electrons. The second kappa shape index (κ2) is 7.49. The fourth-order valence-electron chi connectivity index (χ4n) is 3.90. The number of hydrogen-bond donors (Lipinski definition) is 1. The van der Waals surface area contributed by atoms with Crippen LogP contribution in [0.4, 0.5) is 0 Å². The highest BCUT2D eigenvalue weighted by Crippen LogP contribution is 2.33. The molecule has 0 unspecified atom stereocenters. The molecule has 3 aromatic heterocycles. The Labute approximate surface area is 190 Å². The molecule has 32 heavy (non-hydrogen) atoms. The monoisotopic (exact) mass is 494 g/mol. The average Bonchev–Trinajstić information content (AvgIpc) is 3.33. The number of fused-ring (bicyclic) bond motifs is 3. The first-order valence-corrected chi connectivity index (χ1v) is 10.6. The van der Waals surface area contributed by atoms with Crippen LogP contribution in [-0.4, -0.2) is 35.8 Å². The molecule has 0 atom stereocenters. The van der Waals surface area contributed by atoms with Crippen LogP contribution in [-0.2, 0) is 13.6 Å². The third kappa shape index (κ3) is 3.06. The second-order valence-corrected chi connectivity index (χ2v) is 8.48. The van der Waals surface area contributed by atoms with Crippen LogP contribution in [0.25, 0.3) is 28.3 Å². The lowest BCUT2D eigenvalue weighted by atomic mass is 10.1. The Morgan fingerprint density at radius 2 is 1.84 bits per heavy atom. The molecular formula is C22H19BrN6O3. The Hall–Kier alpha value is -3.66. The molecule has 5 aromatic rings. The van der Waals surface area contributed by atoms with Gasteiger partial charge in [0.25, 0.3) is 5.56 Å². The molecule has 1 N–H and O–H groups in total. The van der Waals surface area contributed by atoms with E-state index in [0.29, 0.717) is 40.6 Å². The maximum atomic E-state index is 12.9. The summed E-state index contributed by atoms with van der Waals surface area (Å²) in [5.74, 6) is 1.51. The van der Waals surface area contributed by atoms with Crippen molar-refractivity contribution in [2.45, 2.75) is 13.5 Å². The van der Waals surface area contributed by atoms with E-state index in [2.05, 4.69) is 31.1 Å². The summed E-state index contributed by atoms with van der Waals surface area (Å²) >= 11 is 3.49. The minimum Gasteiger partial charge on any atom is -0.496 e. The van der Waals surface area contributed by atoms with Crippen LogP contribution in [0.2, 0.25) is 0 Å². The van der Waals surface area contributed by atoms with Crippen molar-refractivity contribution < 1.29 is 4.74 Å². The van der Waals surface area contributed by atoms with E-state index in [0.717, 1.165) is 15.6 Å². The summed E-state index contributed by atoms with van der Waals surface area (Å²) in [5.41, 5.74) is 2.56. The van der Waals surface area contributed by atoms with Crippen LogP contribution in [0.3, 0.4) is 0 Å². The molecular weight excluding hydrogens is 476 g/mol. The highest BCUT2D eigenvalue weighted by atomic mass is 79.9. The summed E-state index contributed by atoms with van der Waals surface area (Å²) in [5, 5.41) is 8.81. The predicted octanol–water partition coefficient (Wildman–Crippen LogP) is 2.87. The molecule has 0 aliphatic heterocycles. The number of H-pyrrole nitrogens is 1. The number of hydrogen-bond acceptors (Lipinski definition) is 5. The third-order valence-corrected chi connectivity index (χ3v) is 6.00. The highest BCUT2D eigenvalue weighted by molar-refractivity contribution is 9.10. The van der Waals surface area contributed by atoms with Gasteiger partial charge in [0.2, 0.25) is 5.78 Å². The van der Waals surface area contributed by atoms with Crippen LogP contribution >= 0.6 is 15.9 Å². The molecule has 0 saturated carbocycles. The Morgan fingerprint density at radius 3 is 2.56 bits per heavy atom. The minimum absolute atomic E-state index is 0.341. The fourth-order valence-corrected chi connectivity index (χ4v) is 4.26. The molecule has 0 spiro atoms. The summed E-state index contributed by atoms with van der Waals surface area (Å²) in [6.07, 6.45) is 0. The normalized spacial score (nSPS) is 11.5. The standard InChI is InChI=1S/C22H19BrN6O3/c1-12-4-6-13(7-5-12)11-28-17-19(30)24-22(31)27(2)20(17)29-18(25-26-21(28)29)15-10-14(23)8-9-16(15)32-3/h4-10H,11H2,1-3H3,(H,24,30,31). The lowest BCUT2D eigenvalue weighted by molar-refractivity contribution is 0.416. The number of methoxy groups -OCH3 is 1. The lowest BCUT2D eigenvalue weighted by Gasteiger charge is -2.08. The van der Waals surface area contributed by atoms with Gasteiger partial charge in [-0.25, -0.2) is 9.20 Å². The van der Waals surface area contributed by atoms with Crippen molar-refractivity contribution >= 4 is 32.9 Å². The summed E-state index contributed by atoms with van der Waals surface area (Å²) in [7, 11) is 3.18. The number of aromatic nitrogens is 6. The van der Waals surface area contributed by atoms with E-state index in [-0.39, 0.29) is 0 Å². The summed E-state index contributed by atoms with van der Waals surface area (Å²) in [4.78, 5) is 27.8. The summed E-state index contributed by atoms with van der Waals surface area (Å²) < 4.78 is 11.3. The van der Waals surface area contributed by atoms with Crippen molar-refractivity contribution in [3.8, 4) is 17.1 Å². The number of aromatic amines is 1. The number of halogens is 1. The maximum absolute atomic E-state index is 12.9. The fraction of sp³-hybridized carbons (Fsp3) is 0.182. The molecule has 9 nitrogen and oxygen atoms in total. The van der Waals surface area contributed by atoms with Crippen molar-refractivity contribution in [3.63, 3.8) is 0 Å².